The number of rotatable bonds is 2. The van der Waals surface area contributed by atoms with E-state index >= 15 is 0 Å². The van der Waals surface area contributed by atoms with Gasteiger partial charge in [-0.1, -0.05) is 19.4 Å². The number of pyridine rings is 1. The molecule has 176 valence electrons. The van der Waals surface area contributed by atoms with Crippen molar-refractivity contribution in [2.75, 3.05) is 12.4 Å². The molecule has 0 aliphatic carbocycles. The number of fused-ring (bicyclic) bond motifs is 4. The molecular weight excluding hydrogens is 422 g/mol. The summed E-state index contributed by atoms with van der Waals surface area (Å²) in [6.07, 6.45) is 3.10. The quantitative estimate of drug-likeness (QED) is 0.629. The van der Waals surface area contributed by atoms with Crippen LogP contribution in [-0.2, 0) is 14.3 Å². The van der Waals surface area contributed by atoms with Gasteiger partial charge in [-0.2, -0.15) is 0 Å². The van der Waals surface area contributed by atoms with E-state index < -0.39 is 17.7 Å². The zero-order valence-corrected chi connectivity index (χ0v) is 19.7. The van der Waals surface area contributed by atoms with E-state index in [0.717, 1.165) is 11.1 Å². The summed E-state index contributed by atoms with van der Waals surface area (Å²) in [5, 5.41) is 5.90. The second-order valence-corrected chi connectivity index (χ2v) is 9.24. The lowest BCUT2D eigenvalue weighted by molar-refractivity contribution is -0.119. The normalized spacial score (nSPS) is 18.6. The maximum atomic E-state index is 12.9. The van der Waals surface area contributed by atoms with E-state index in [4.69, 9.17) is 9.47 Å². The van der Waals surface area contributed by atoms with Gasteiger partial charge in [0.25, 0.3) is 0 Å². The fraction of sp³-hybridized carbons (Fsp3) is 0.440. The number of esters is 1. The smallest absolute Gasteiger partial charge is 0.408 e. The van der Waals surface area contributed by atoms with Crippen molar-refractivity contribution in [3.8, 4) is 11.1 Å². The van der Waals surface area contributed by atoms with Crippen molar-refractivity contribution in [3.63, 3.8) is 0 Å². The van der Waals surface area contributed by atoms with Gasteiger partial charge >= 0.3 is 12.1 Å². The molecule has 0 radical (unpaired) electrons. The Hall–Kier alpha value is -3.42. The maximum absolute atomic E-state index is 12.9. The molecule has 1 aromatic carbocycles. The number of hydrogen-bond donors (Lipinski definition) is 2. The van der Waals surface area contributed by atoms with E-state index in [9.17, 15) is 14.4 Å². The van der Waals surface area contributed by atoms with Crippen LogP contribution in [0.25, 0.3) is 11.1 Å². The van der Waals surface area contributed by atoms with Crippen molar-refractivity contribution in [2.45, 2.75) is 58.6 Å². The Morgan fingerprint density at radius 3 is 2.61 bits per heavy atom. The lowest BCUT2D eigenvalue weighted by Gasteiger charge is -2.25. The van der Waals surface area contributed by atoms with Crippen molar-refractivity contribution in [3.05, 3.63) is 47.8 Å². The van der Waals surface area contributed by atoms with E-state index in [2.05, 4.69) is 15.6 Å². The Morgan fingerprint density at radius 1 is 1.15 bits per heavy atom. The van der Waals surface area contributed by atoms with Gasteiger partial charge in [-0.25, -0.2) is 9.59 Å². The third kappa shape index (κ3) is 6.31. The monoisotopic (exact) mass is 453 g/mol. The second kappa shape index (κ2) is 10.0. The Labute approximate surface area is 194 Å². The molecule has 1 aromatic heterocycles. The number of alkyl carbamates (subject to hydrolysis) is 1. The van der Waals surface area contributed by atoms with Gasteiger partial charge in [-0.05, 0) is 63.4 Å². The molecule has 0 spiro atoms. The first kappa shape index (κ1) is 24.2. The fourth-order valence-corrected chi connectivity index (χ4v) is 3.71. The van der Waals surface area contributed by atoms with E-state index in [0.29, 0.717) is 36.2 Å². The molecule has 0 unspecified atom stereocenters. The van der Waals surface area contributed by atoms with Crippen molar-refractivity contribution >= 4 is 23.7 Å². The molecule has 2 aromatic rings. The van der Waals surface area contributed by atoms with Crippen LogP contribution in [0.3, 0.4) is 0 Å². The van der Waals surface area contributed by atoms with Crippen LogP contribution in [0.1, 0.15) is 69.1 Å². The molecule has 2 N–H and O–H groups in total. The molecule has 0 fully saturated rings. The molecule has 8 nitrogen and oxygen atoms in total. The molecule has 1 aliphatic heterocycles. The number of carbonyl (C=O) groups is 3. The molecule has 2 atom stereocenters. The zero-order valence-electron chi connectivity index (χ0n) is 19.7. The van der Waals surface area contributed by atoms with E-state index in [-0.39, 0.29) is 17.9 Å². The summed E-state index contributed by atoms with van der Waals surface area (Å²) in [7, 11) is 1.32. The van der Waals surface area contributed by atoms with Gasteiger partial charge in [-0.15, -0.1) is 0 Å². The van der Waals surface area contributed by atoms with Crippen LogP contribution in [-0.4, -0.2) is 35.7 Å². The van der Waals surface area contributed by atoms with Crippen molar-refractivity contribution in [1.82, 2.24) is 10.3 Å². The number of hydrogen-bond acceptors (Lipinski definition) is 6. The molecular formula is C25H31N3O5. The number of carbonyl (C=O) groups excluding carboxylic acids is 3. The molecule has 0 saturated carbocycles. The Kier molecular flexibility index (Phi) is 7.36. The topological polar surface area (TPSA) is 107 Å². The molecule has 2 amide bonds. The van der Waals surface area contributed by atoms with Crippen LogP contribution < -0.4 is 10.6 Å². The molecule has 3 rings (SSSR count). The summed E-state index contributed by atoms with van der Waals surface area (Å²) in [5.41, 5.74) is 2.48. The first-order valence-corrected chi connectivity index (χ1v) is 11.1. The van der Waals surface area contributed by atoms with E-state index in [1.165, 1.54) is 7.11 Å². The fourth-order valence-electron chi connectivity index (χ4n) is 3.71. The number of benzene rings is 1. The number of methoxy groups -OCH3 is 1. The summed E-state index contributed by atoms with van der Waals surface area (Å²) in [6, 6.07) is 8.39. The minimum atomic E-state index is -0.617. The number of nitrogens with one attached hydrogen (secondary N) is 2. The van der Waals surface area contributed by atoms with Crippen molar-refractivity contribution in [1.29, 1.82) is 0 Å². The predicted molar refractivity (Wildman–Crippen MR) is 125 cm³/mol. The predicted octanol–water partition coefficient (Wildman–Crippen LogP) is 4.86. The van der Waals surface area contributed by atoms with Crippen LogP contribution in [0.4, 0.5) is 10.5 Å². The first-order valence-electron chi connectivity index (χ1n) is 11.1. The standard InChI is InChI=1S/C25H31N3O5/c1-15-7-6-8-19(28-24(31)33-25(2,3)4)21-13-16(11-12-26-21)18-10-9-17(23(30)32-5)14-20(18)27-22(15)29/h9-15,19H,6-8H2,1-5H3,(H,27,29)(H,28,31)/t15-,19+/m1/s1. The van der Waals surface area contributed by atoms with Gasteiger partial charge in [0.05, 0.1) is 24.4 Å². The number of amides is 2. The highest BCUT2D eigenvalue weighted by molar-refractivity contribution is 5.99. The van der Waals surface area contributed by atoms with Gasteiger partial charge in [0.15, 0.2) is 0 Å². The third-order valence-corrected chi connectivity index (χ3v) is 5.42. The molecule has 1 aliphatic rings. The molecule has 8 heteroatoms. The van der Waals surface area contributed by atoms with Gasteiger partial charge in [0.2, 0.25) is 5.91 Å². The molecule has 2 bridgehead atoms. The minimum Gasteiger partial charge on any atom is -0.465 e. The summed E-state index contributed by atoms with van der Waals surface area (Å²) in [4.78, 5) is 41.9. The van der Waals surface area contributed by atoms with Crippen LogP contribution in [0.15, 0.2) is 36.5 Å². The SMILES string of the molecule is COC(=O)c1ccc2c(c1)NC(=O)[C@H](C)CCC[C@H](NC(=O)OC(C)(C)C)c1cc-2ccn1. The third-order valence-electron chi connectivity index (χ3n) is 5.42. The minimum absolute atomic E-state index is 0.134. The first-order chi connectivity index (χ1) is 15.6. The summed E-state index contributed by atoms with van der Waals surface area (Å²) in [6.45, 7) is 7.30. The van der Waals surface area contributed by atoms with Gasteiger partial charge in [0.1, 0.15) is 5.60 Å². The molecule has 2 heterocycles. The highest BCUT2D eigenvalue weighted by Gasteiger charge is 2.24. The Balaban J connectivity index is 2.04. The lowest BCUT2D eigenvalue weighted by Crippen LogP contribution is -2.35. The van der Waals surface area contributed by atoms with E-state index in [1.54, 1.807) is 24.4 Å². The largest absolute Gasteiger partial charge is 0.465 e. The number of anilines is 1. The average molecular weight is 454 g/mol. The number of nitrogens with zero attached hydrogens (tertiary/aromatic N) is 1. The van der Waals surface area contributed by atoms with Crippen LogP contribution in [0, 0.1) is 5.92 Å². The number of aromatic nitrogens is 1. The van der Waals surface area contributed by atoms with Crippen molar-refractivity contribution in [2.24, 2.45) is 5.92 Å². The highest BCUT2D eigenvalue weighted by Crippen LogP contribution is 2.33. The second-order valence-electron chi connectivity index (χ2n) is 9.24. The number of ether oxygens (including phenoxy) is 2. The summed E-state index contributed by atoms with van der Waals surface area (Å²) in [5.74, 6) is -0.874. The summed E-state index contributed by atoms with van der Waals surface area (Å²) >= 11 is 0. The van der Waals surface area contributed by atoms with Gasteiger partial charge in [-0.3, -0.25) is 9.78 Å². The lowest BCUT2D eigenvalue weighted by atomic mass is 9.95. The van der Waals surface area contributed by atoms with Crippen molar-refractivity contribution < 1.29 is 23.9 Å². The summed E-state index contributed by atoms with van der Waals surface area (Å²) < 4.78 is 10.3. The zero-order chi connectivity index (χ0) is 24.2. The molecule has 33 heavy (non-hydrogen) atoms. The van der Waals surface area contributed by atoms with Gasteiger partial charge in [0, 0.05) is 23.4 Å². The highest BCUT2D eigenvalue weighted by atomic mass is 16.6. The van der Waals surface area contributed by atoms with Crippen LogP contribution in [0.2, 0.25) is 0 Å². The molecule has 0 saturated heterocycles. The Bertz CT molecular complexity index is 1040. The maximum Gasteiger partial charge on any atom is 0.408 e. The Morgan fingerprint density at radius 2 is 1.91 bits per heavy atom. The van der Waals surface area contributed by atoms with Crippen LogP contribution >= 0.6 is 0 Å². The van der Waals surface area contributed by atoms with E-state index in [1.807, 2.05) is 39.8 Å². The van der Waals surface area contributed by atoms with Gasteiger partial charge < -0.3 is 20.1 Å². The van der Waals surface area contributed by atoms with Crippen LogP contribution in [0.5, 0.6) is 0 Å². The average Bonchev–Trinajstić information content (AvgIpc) is 2.75.